The highest BCUT2D eigenvalue weighted by molar-refractivity contribution is 6.02. The molecular formula is C23H28N2O2. The molecule has 1 aliphatic heterocycles. The van der Waals surface area contributed by atoms with Crippen LogP contribution in [0.15, 0.2) is 42.6 Å². The number of carbonyl (C=O) groups is 1. The van der Waals surface area contributed by atoms with Crippen molar-refractivity contribution in [2.45, 2.75) is 45.1 Å². The zero-order chi connectivity index (χ0) is 19.0. The number of pyridine rings is 1. The zero-order valence-corrected chi connectivity index (χ0v) is 16.2. The van der Waals surface area contributed by atoms with E-state index < -0.39 is 5.60 Å². The molecule has 1 amide bonds. The Morgan fingerprint density at radius 1 is 1.26 bits per heavy atom. The third kappa shape index (κ3) is 3.16. The first-order chi connectivity index (χ1) is 13.0. The van der Waals surface area contributed by atoms with Gasteiger partial charge in [-0.05, 0) is 49.3 Å². The van der Waals surface area contributed by atoms with Crippen molar-refractivity contribution in [1.82, 2.24) is 9.88 Å². The first-order valence-electron chi connectivity index (χ1n) is 10.1. The fourth-order valence-corrected chi connectivity index (χ4v) is 5.09. The highest BCUT2D eigenvalue weighted by Crippen LogP contribution is 2.44. The van der Waals surface area contributed by atoms with E-state index in [0.29, 0.717) is 18.0 Å². The number of nitrogens with zero attached hydrogens (tertiary/aromatic N) is 2. The molecule has 1 aliphatic carbocycles. The zero-order valence-electron chi connectivity index (χ0n) is 16.2. The number of rotatable bonds is 3. The van der Waals surface area contributed by atoms with Crippen molar-refractivity contribution in [3.05, 3.63) is 53.9 Å². The lowest BCUT2D eigenvalue weighted by Crippen LogP contribution is -2.44. The smallest absolute Gasteiger partial charge is 0.256 e. The molecule has 1 saturated heterocycles. The average molecular weight is 364 g/mol. The minimum Gasteiger partial charge on any atom is -0.390 e. The molecule has 142 valence electrons. The number of aromatic nitrogens is 1. The third-order valence-electron chi connectivity index (χ3n) is 6.65. The molecule has 1 aromatic carbocycles. The Morgan fingerprint density at radius 2 is 2.04 bits per heavy atom. The van der Waals surface area contributed by atoms with Gasteiger partial charge in [-0.25, -0.2) is 0 Å². The van der Waals surface area contributed by atoms with Gasteiger partial charge in [0.15, 0.2) is 0 Å². The van der Waals surface area contributed by atoms with E-state index in [0.717, 1.165) is 49.0 Å². The second-order valence-corrected chi connectivity index (χ2v) is 8.11. The van der Waals surface area contributed by atoms with E-state index in [-0.39, 0.29) is 11.8 Å². The molecule has 27 heavy (non-hydrogen) atoms. The maximum Gasteiger partial charge on any atom is 0.256 e. The number of amides is 1. The molecule has 1 aromatic heterocycles. The molecule has 0 radical (unpaired) electrons. The summed E-state index contributed by atoms with van der Waals surface area (Å²) in [6, 6.07) is 12.0. The lowest BCUT2D eigenvalue weighted by Gasteiger charge is -2.40. The highest BCUT2D eigenvalue weighted by atomic mass is 16.3. The average Bonchev–Trinajstić information content (AvgIpc) is 3.14. The predicted octanol–water partition coefficient (Wildman–Crippen LogP) is 4.07. The van der Waals surface area contributed by atoms with E-state index in [4.69, 9.17) is 0 Å². The Labute approximate surface area is 161 Å². The predicted molar refractivity (Wildman–Crippen MR) is 106 cm³/mol. The number of likely N-dealkylation sites (tertiary alicyclic amines) is 1. The van der Waals surface area contributed by atoms with Gasteiger partial charge in [0.25, 0.3) is 5.91 Å². The molecule has 0 spiro atoms. The second-order valence-electron chi connectivity index (χ2n) is 8.11. The summed E-state index contributed by atoms with van der Waals surface area (Å²) in [6.45, 7) is 5.36. The number of aryl methyl sites for hydroxylation is 1. The molecule has 3 atom stereocenters. The molecule has 2 aliphatic rings. The molecule has 2 aromatic rings. The second kappa shape index (κ2) is 7.08. The van der Waals surface area contributed by atoms with Gasteiger partial charge in [-0.15, -0.1) is 0 Å². The van der Waals surface area contributed by atoms with Crippen LogP contribution in [0, 0.1) is 18.8 Å². The van der Waals surface area contributed by atoms with Gasteiger partial charge in [0.1, 0.15) is 0 Å². The first kappa shape index (κ1) is 18.2. The van der Waals surface area contributed by atoms with Crippen molar-refractivity contribution in [3.8, 4) is 11.1 Å². The van der Waals surface area contributed by atoms with Gasteiger partial charge in [0.2, 0.25) is 0 Å². The molecule has 4 nitrogen and oxygen atoms in total. The lowest BCUT2D eigenvalue weighted by atomic mass is 9.69. The van der Waals surface area contributed by atoms with Crippen LogP contribution in [0.2, 0.25) is 0 Å². The Hall–Kier alpha value is -2.20. The monoisotopic (exact) mass is 364 g/mol. The SMILES string of the molecule is CC[C@]1(O)CCC[C@H]2CN(C(=O)c3c(-c4ccccc4)ccnc3C)C[C@H]21. The van der Waals surface area contributed by atoms with E-state index >= 15 is 0 Å². The molecule has 1 N–H and O–H groups in total. The van der Waals surface area contributed by atoms with Crippen LogP contribution in [0.4, 0.5) is 0 Å². The van der Waals surface area contributed by atoms with E-state index in [9.17, 15) is 9.90 Å². The number of fused-ring (bicyclic) bond motifs is 1. The van der Waals surface area contributed by atoms with Crippen LogP contribution in [0.1, 0.15) is 48.7 Å². The van der Waals surface area contributed by atoms with Crippen LogP contribution in [-0.2, 0) is 0 Å². The summed E-state index contributed by atoms with van der Waals surface area (Å²) in [4.78, 5) is 19.9. The fraction of sp³-hybridized carbons (Fsp3) is 0.478. The van der Waals surface area contributed by atoms with Crippen molar-refractivity contribution < 1.29 is 9.90 Å². The van der Waals surface area contributed by atoms with E-state index in [1.54, 1.807) is 6.20 Å². The summed E-state index contributed by atoms with van der Waals surface area (Å²) in [5.74, 6) is 0.648. The van der Waals surface area contributed by atoms with Gasteiger partial charge >= 0.3 is 0 Å². The first-order valence-corrected chi connectivity index (χ1v) is 10.1. The summed E-state index contributed by atoms with van der Waals surface area (Å²) in [5.41, 5.74) is 2.82. The number of hydrogen-bond donors (Lipinski definition) is 1. The van der Waals surface area contributed by atoms with E-state index in [1.165, 1.54) is 0 Å². The topological polar surface area (TPSA) is 53.4 Å². The molecule has 4 rings (SSSR count). The fourth-order valence-electron chi connectivity index (χ4n) is 5.09. The van der Waals surface area contributed by atoms with Crippen molar-refractivity contribution in [1.29, 1.82) is 0 Å². The van der Waals surface area contributed by atoms with Crippen LogP contribution in [0.5, 0.6) is 0 Å². The van der Waals surface area contributed by atoms with Gasteiger partial charge in [-0.2, -0.15) is 0 Å². The Morgan fingerprint density at radius 3 is 2.78 bits per heavy atom. The lowest BCUT2D eigenvalue weighted by molar-refractivity contribution is -0.0609. The molecular weight excluding hydrogens is 336 g/mol. The van der Waals surface area contributed by atoms with E-state index in [2.05, 4.69) is 11.9 Å². The number of aliphatic hydroxyl groups is 1. The normalized spacial score (nSPS) is 27.4. The molecule has 0 bridgehead atoms. The van der Waals surface area contributed by atoms with Gasteiger partial charge in [-0.3, -0.25) is 9.78 Å². The van der Waals surface area contributed by atoms with Crippen LogP contribution in [0.3, 0.4) is 0 Å². The van der Waals surface area contributed by atoms with Crippen molar-refractivity contribution in [2.24, 2.45) is 11.8 Å². The molecule has 2 fully saturated rings. The quantitative estimate of drug-likeness (QED) is 0.893. The van der Waals surface area contributed by atoms with Crippen LogP contribution >= 0.6 is 0 Å². The third-order valence-corrected chi connectivity index (χ3v) is 6.65. The van der Waals surface area contributed by atoms with Crippen molar-refractivity contribution in [3.63, 3.8) is 0 Å². The minimum absolute atomic E-state index is 0.0484. The maximum atomic E-state index is 13.5. The van der Waals surface area contributed by atoms with Crippen molar-refractivity contribution in [2.75, 3.05) is 13.1 Å². The van der Waals surface area contributed by atoms with Gasteiger partial charge in [0.05, 0.1) is 16.9 Å². The van der Waals surface area contributed by atoms with Gasteiger partial charge in [0, 0.05) is 25.2 Å². The standard InChI is InChI=1S/C23H28N2O2/c1-3-23(27)12-7-10-18-14-25(15-20(18)23)22(26)21-16(2)24-13-11-19(21)17-8-5-4-6-9-17/h4-6,8-9,11,13,18,20,27H,3,7,10,12,14-15H2,1-2H3/t18-,20+,23-/m0/s1. The number of hydrogen-bond acceptors (Lipinski definition) is 3. The van der Waals surface area contributed by atoms with Gasteiger partial charge < -0.3 is 10.0 Å². The molecule has 0 unspecified atom stereocenters. The van der Waals surface area contributed by atoms with Crippen LogP contribution in [-0.4, -0.2) is 39.6 Å². The van der Waals surface area contributed by atoms with Crippen LogP contribution in [0.25, 0.3) is 11.1 Å². The molecule has 1 saturated carbocycles. The Balaban J connectivity index is 1.67. The van der Waals surface area contributed by atoms with Crippen LogP contribution < -0.4 is 0 Å². The summed E-state index contributed by atoms with van der Waals surface area (Å²) >= 11 is 0. The Bertz CT molecular complexity index is 836. The van der Waals surface area contributed by atoms with Crippen molar-refractivity contribution >= 4 is 5.91 Å². The largest absolute Gasteiger partial charge is 0.390 e. The molecule has 4 heteroatoms. The summed E-state index contributed by atoms with van der Waals surface area (Å²) in [5, 5.41) is 11.1. The summed E-state index contributed by atoms with van der Waals surface area (Å²) < 4.78 is 0. The highest BCUT2D eigenvalue weighted by Gasteiger charge is 2.49. The number of carbonyl (C=O) groups excluding carboxylic acids is 1. The maximum absolute atomic E-state index is 13.5. The molecule has 2 heterocycles. The Kier molecular flexibility index (Phi) is 4.77. The number of benzene rings is 1. The van der Waals surface area contributed by atoms with Gasteiger partial charge in [-0.1, -0.05) is 43.7 Å². The minimum atomic E-state index is -0.621. The summed E-state index contributed by atoms with van der Waals surface area (Å²) in [7, 11) is 0. The summed E-state index contributed by atoms with van der Waals surface area (Å²) in [6.07, 6.45) is 5.54. The van der Waals surface area contributed by atoms with E-state index in [1.807, 2.05) is 48.2 Å².